The smallest absolute Gasteiger partial charge is 0.287 e. The summed E-state index contributed by atoms with van der Waals surface area (Å²) in [7, 11) is 0. The van der Waals surface area contributed by atoms with Crippen molar-refractivity contribution in [3.05, 3.63) is 46.7 Å². The van der Waals surface area contributed by atoms with Crippen LogP contribution < -0.4 is 5.32 Å². The molecule has 2 unspecified atom stereocenters. The Hall–Kier alpha value is -2.11. The SMILES string of the molecule is Cc1c(C(=O)NC2CCCC2)oc2c1C(O)C(O)c1ccccc1-2. The monoisotopic (exact) mass is 327 g/mol. The Bertz CT molecular complexity index is 789. The third-order valence-corrected chi connectivity index (χ3v) is 5.21. The van der Waals surface area contributed by atoms with Crippen LogP contribution in [0.15, 0.2) is 28.7 Å². The molecule has 1 aromatic carbocycles. The highest BCUT2D eigenvalue weighted by Crippen LogP contribution is 2.47. The minimum absolute atomic E-state index is 0.196. The Balaban J connectivity index is 1.76. The molecule has 1 amide bonds. The fourth-order valence-electron chi connectivity index (χ4n) is 3.91. The lowest BCUT2D eigenvalue weighted by Gasteiger charge is -2.26. The number of aliphatic hydroxyl groups excluding tert-OH is 2. The van der Waals surface area contributed by atoms with Crippen molar-refractivity contribution < 1.29 is 19.4 Å². The van der Waals surface area contributed by atoms with Crippen molar-refractivity contribution in [1.82, 2.24) is 5.32 Å². The van der Waals surface area contributed by atoms with Crippen molar-refractivity contribution in [3.63, 3.8) is 0 Å². The lowest BCUT2D eigenvalue weighted by atomic mass is 9.85. The van der Waals surface area contributed by atoms with Gasteiger partial charge >= 0.3 is 0 Å². The van der Waals surface area contributed by atoms with Gasteiger partial charge < -0.3 is 19.9 Å². The molecule has 2 aliphatic carbocycles. The second-order valence-electron chi connectivity index (χ2n) is 6.73. The zero-order valence-corrected chi connectivity index (χ0v) is 13.6. The van der Waals surface area contributed by atoms with Gasteiger partial charge in [0.05, 0.1) is 0 Å². The maximum atomic E-state index is 12.6. The zero-order chi connectivity index (χ0) is 16.8. The molecule has 2 aliphatic rings. The van der Waals surface area contributed by atoms with Gasteiger partial charge in [-0.25, -0.2) is 0 Å². The van der Waals surface area contributed by atoms with Gasteiger partial charge in [0, 0.05) is 22.7 Å². The number of aliphatic hydroxyl groups is 2. The Labute approximate surface area is 140 Å². The molecule has 1 heterocycles. The summed E-state index contributed by atoms with van der Waals surface area (Å²) in [4.78, 5) is 12.6. The van der Waals surface area contributed by atoms with E-state index < -0.39 is 12.2 Å². The molecule has 4 rings (SSSR count). The van der Waals surface area contributed by atoms with Gasteiger partial charge in [0.15, 0.2) is 5.76 Å². The summed E-state index contributed by atoms with van der Waals surface area (Å²) in [5, 5.41) is 23.9. The van der Waals surface area contributed by atoms with Gasteiger partial charge in [0.2, 0.25) is 0 Å². The number of furan rings is 1. The fourth-order valence-corrected chi connectivity index (χ4v) is 3.91. The first-order valence-electron chi connectivity index (χ1n) is 8.47. The average Bonchev–Trinajstić information content (AvgIpc) is 3.20. The first kappa shape index (κ1) is 15.4. The molecule has 2 atom stereocenters. The number of carbonyl (C=O) groups is 1. The van der Waals surface area contributed by atoms with E-state index in [9.17, 15) is 15.0 Å². The standard InChI is InChI=1S/C19H21NO4/c1-10-14-16(22)15(21)12-8-4-5-9-13(12)18(14)24-17(10)19(23)20-11-6-2-3-7-11/h4-5,8-9,11,15-16,21-22H,2-3,6-7H2,1H3,(H,20,23). The molecule has 126 valence electrons. The molecule has 1 saturated carbocycles. The highest BCUT2D eigenvalue weighted by atomic mass is 16.4. The Morgan fingerprint density at radius 3 is 2.62 bits per heavy atom. The Kier molecular flexibility index (Phi) is 3.70. The van der Waals surface area contributed by atoms with E-state index in [2.05, 4.69) is 5.32 Å². The first-order chi connectivity index (χ1) is 11.6. The molecular weight excluding hydrogens is 306 g/mol. The van der Waals surface area contributed by atoms with Gasteiger partial charge in [0.1, 0.15) is 18.0 Å². The number of hydrogen-bond donors (Lipinski definition) is 3. The van der Waals surface area contributed by atoms with Crippen LogP contribution in [0.1, 0.15) is 65.1 Å². The summed E-state index contributed by atoms with van der Waals surface area (Å²) in [5.74, 6) is 0.472. The van der Waals surface area contributed by atoms with Crippen molar-refractivity contribution in [2.45, 2.75) is 50.9 Å². The van der Waals surface area contributed by atoms with Crippen molar-refractivity contribution >= 4 is 5.91 Å². The number of nitrogens with one attached hydrogen (secondary N) is 1. The highest BCUT2D eigenvalue weighted by molar-refractivity contribution is 5.95. The maximum Gasteiger partial charge on any atom is 0.287 e. The van der Waals surface area contributed by atoms with Gasteiger partial charge in [-0.05, 0) is 25.3 Å². The average molecular weight is 327 g/mol. The number of hydrogen-bond acceptors (Lipinski definition) is 4. The zero-order valence-electron chi connectivity index (χ0n) is 13.6. The number of amides is 1. The van der Waals surface area contributed by atoms with Crippen LogP contribution in [-0.2, 0) is 0 Å². The minimum atomic E-state index is -1.09. The van der Waals surface area contributed by atoms with Crippen LogP contribution in [0, 0.1) is 6.92 Å². The predicted molar refractivity (Wildman–Crippen MR) is 88.5 cm³/mol. The molecule has 0 saturated heterocycles. The molecule has 0 radical (unpaired) electrons. The third kappa shape index (κ3) is 2.27. The molecule has 1 aromatic heterocycles. The quantitative estimate of drug-likeness (QED) is 0.792. The summed E-state index contributed by atoms with van der Waals surface area (Å²) < 4.78 is 5.87. The van der Waals surface area contributed by atoms with Crippen molar-refractivity contribution in [2.24, 2.45) is 0 Å². The van der Waals surface area contributed by atoms with Gasteiger partial charge in [-0.15, -0.1) is 0 Å². The van der Waals surface area contributed by atoms with Gasteiger partial charge in [-0.2, -0.15) is 0 Å². The van der Waals surface area contributed by atoms with Crippen molar-refractivity contribution in [1.29, 1.82) is 0 Å². The molecule has 0 spiro atoms. The van der Waals surface area contributed by atoms with Gasteiger partial charge in [-0.1, -0.05) is 37.1 Å². The van der Waals surface area contributed by atoms with Crippen molar-refractivity contribution in [2.75, 3.05) is 0 Å². The topological polar surface area (TPSA) is 82.7 Å². The van der Waals surface area contributed by atoms with E-state index in [0.717, 1.165) is 31.2 Å². The normalized spacial score (nSPS) is 23.0. The van der Waals surface area contributed by atoms with Crippen LogP contribution in [0.3, 0.4) is 0 Å². The van der Waals surface area contributed by atoms with E-state index >= 15 is 0 Å². The van der Waals surface area contributed by atoms with Crippen LogP contribution >= 0.6 is 0 Å². The largest absolute Gasteiger partial charge is 0.450 e. The lowest BCUT2D eigenvalue weighted by molar-refractivity contribution is 0.0149. The number of rotatable bonds is 2. The molecular formula is C19H21NO4. The number of benzene rings is 1. The second-order valence-corrected chi connectivity index (χ2v) is 6.73. The Morgan fingerprint density at radius 1 is 1.17 bits per heavy atom. The van der Waals surface area contributed by atoms with Gasteiger partial charge in [-0.3, -0.25) is 4.79 Å². The van der Waals surface area contributed by atoms with E-state index in [1.165, 1.54) is 0 Å². The van der Waals surface area contributed by atoms with Crippen LogP contribution in [0.25, 0.3) is 11.3 Å². The van der Waals surface area contributed by atoms with E-state index in [1.54, 1.807) is 13.0 Å². The number of carbonyl (C=O) groups excluding carboxylic acids is 1. The summed E-state index contributed by atoms with van der Waals surface area (Å²) in [6.45, 7) is 1.76. The summed E-state index contributed by atoms with van der Waals surface area (Å²) >= 11 is 0. The molecule has 3 N–H and O–H groups in total. The maximum absolute atomic E-state index is 12.6. The molecule has 5 nitrogen and oxygen atoms in total. The Morgan fingerprint density at radius 2 is 1.88 bits per heavy atom. The van der Waals surface area contributed by atoms with Crippen molar-refractivity contribution in [3.8, 4) is 11.3 Å². The van der Waals surface area contributed by atoms with Crippen LogP contribution in [0.5, 0.6) is 0 Å². The summed E-state index contributed by atoms with van der Waals surface area (Å²) in [5.41, 5.74) is 2.46. The van der Waals surface area contributed by atoms with E-state index in [1.807, 2.05) is 18.2 Å². The van der Waals surface area contributed by atoms with Crippen LogP contribution in [0.2, 0.25) is 0 Å². The first-order valence-corrected chi connectivity index (χ1v) is 8.47. The molecule has 0 bridgehead atoms. The van der Waals surface area contributed by atoms with E-state index in [4.69, 9.17) is 4.42 Å². The molecule has 5 heteroatoms. The third-order valence-electron chi connectivity index (χ3n) is 5.21. The molecule has 2 aromatic rings. The minimum Gasteiger partial charge on any atom is -0.450 e. The van der Waals surface area contributed by atoms with Crippen LogP contribution in [0.4, 0.5) is 0 Å². The second kappa shape index (κ2) is 5.76. The van der Waals surface area contributed by atoms with Gasteiger partial charge in [0.25, 0.3) is 5.91 Å². The summed E-state index contributed by atoms with van der Waals surface area (Å²) in [6, 6.07) is 7.46. The van der Waals surface area contributed by atoms with Crippen LogP contribution in [-0.4, -0.2) is 22.2 Å². The molecule has 0 aliphatic heterocycles. The molecule has 1 fully saturated rings. The predicted octanol–water partition coefficient (Wildman–Crippen LogP) is 3.01. The van der Waals surface area contributed by atoms with E-state index in [0.29, 0.717) is 22.5 Å². The fraction of sp³-hybridized carbons (Fsp3) is 0.421. The highest BCUT2D eigenvalue weighted by Gasteiger charge is 2.37. The van der Waals surface area contributed by atoms with E-state index in [-0.39, 0.29) is 17.7 Å². The molecule has 24 heavy (non-hydrogen) atoms. The number of fused-ring (bicyclic) bond motifs is 3. The lowest BCUT2D eigenvalue weighted by Crippen LogP contribution is -2.32. The summed E-state index contributed by atoms with van der Waals surface area (Å²) in [6.07, 6.45) is 2.15.